The Balaban J connectivity index is 0.000000304. The summed E-state index contributed by atoms with van der Waals surface area (Å²) < 4.78 is 5.91. The van der Waals surface area contributed by atoms with E-state index in [9.17, 15) is 0 Å². The van der Waals surface area contributed by atoms with Crippen molar-refractivity contribution in [2.45, 2.75) is 41.0 Å². The lowest BCUT2D eigenvalue weighted by atomic mass is 10.0. The summed E-state index contributed by atoms with van der Waals surface area (Å²) in [5.41, 5.74) is 4.29. The Morgan fingerprint density at radius 3 is 1.92 bits per heavy atom. The van der Waals surface area contributed by atoms with E-state index in [0.717, 1.165) is 17.1 Å². The first kappa shape index (κ1) is 19.8. The Morgan fingerprint density at radius 1 is 0.692 bits per heavy atom. The SMILES string of the molecule is CC.CCC(C)C.c1ccc(-c2ccc3c(c2)oc2ccccc23)cc1. The highest BCUT2D eigenvalue weighted by Crippen LogP contribution is 2.31. The molecule has 0 saturated heterocycles. The maximum Gasteiger partial charge on any atom is 0.136 e. The molecule has 0 atom stereocenters. The molecule has 0 bridgehead atoms. The first-order valence-corrected chi connectivity index (χ1v) is 9.65. The minimum atomic E-state index is 0.884. The van der Waals surface area contributed by atoms with Crippen molar-refractivity contribution in [3.8, 4) is 11.1 Å². The number of hydrogen-bond acceptors (Lipinski definition) is 1. The van der Waals surface area contributed by atoms with Crippen LogP contribution in [0.4, 0.5) is 0 Å². The summed E-state index contributed by atoms with van der Waals surface area (Å²) in [7, 11) is 0. The van der Waals surface area contributed by atoms with Gasteiger partial charge in [-0.1, -0.05) is 95.6 Å². The predicted molar refractivity (Wildman–Crippen MR) is 116 cm³/mol. The Hall–Kier alpha value is -2.54. The van der Waals surface area contributed by atoms with Gasteiger partial charge < -0.3 is 4.42 Å². The second-order valence-electron chi connectivity index (χ2n) is 6.48. The first-order valence-electron chi connectivity index (χ1n) is 9.65. The molecule has 1 heterocycles. The molecular weight excluding hydrogens is 316 g/mol. The topological polar surface area (TPSA) is 13.1 Å². The second kappa shape index (κ2) is 9.82. The Bertz CT molecular complexity index is 917. The molecule has 0 fully saturated rings. The fourth-order valence-electron chi connectivity index (χ4n) is 2.54. The smallest absolute Gasteiger partial charge is 0.136 e. The van der Waals surface area contributed by atoms with Crippen molar-refractivity contribution in [3.05, 3.63) is 72.8 Å². The highest BCUT2D eigenvalue weighted by atomic mass is 16.3. The summed E-state index contributed by atoms with van der Waals surface area (Å²) in [4.78, 5) is 0. The highest BCUT2D eigenvalue weighted by molar-refractivity contribution is 6.05. The van der Waals surface area contributed by atoms with E-state index in [0.29, 0.717) is 0 Å². The standard InChI is InChI=1S/C18H12O.C5H12.C2H6/c1-2-6-13(7-3-1)14-10-11-16-15-8-4-5-9-17(15)19-18(16)12-14;1-4-5(2)3;1-2/h1-12H;5H,4H2,1-3H3;1-2H3. The molecule has 0 spiro atoms. The monoisotopic (exact) mass is 346 g/mol. The van der Waals surface area contributed by atoms with Crippen LogP contribution in [0.5, 0.6) is 0 Å². The van der Waals surface area contributed by atoms with Crippen LogP contribution in [0.2, 0.25) is 0 Å². The number of rotatable bonds is 2. The van der Waals surface area contributed by atoms with Crippen LogP contribution in [0.15, 0.2) is 77.2 Å². The third-order valence-electron chi connectivity index (χ3n) is 4.30. The largest absolute Gasteiger partial charge is 0.456 e. The second-order valence-corrected chi connectivity index (χ2v) is 6.48. The van der Waals surface area contributed by atoms with E-state index < -0.39 is 0 Å². The zero-order valence-corrected chi connectivity index (χ0v) is 16.6. The van der Waals surface area contributed by atoms with Crippen molar-refractivity contribution in [2.75, 3.05) is 0 Å². The first-order chi connectivity index (χ1) is 12.7. The van der Waals surface area contributed by atoms with Crippen LogP contribution < -0.4 is 0 Å². The molecule has 0 aliphatic heterocycles. The summed E-state index contributed by atoms with van der Waals surface area (Å²) in [5, 5.41) is 2.35. The summed E-state index contributed by atoms with van der Waals surface area (Å²) in [6.07, 6.45) is 1.31. The molecule has 0 amide bonds. The average Bonchev–Trinajstić information content (AvgIpc) is 3.08. The number of fused-ring (bicyclic) bond motifs is 3. The molecule has 4 rings (SSSR count). The molecule has 0 radical (unpaired) electrons. The Morgan fingerprint density at radius 2 is 1.27 bits per heavy atom. The van der Waals surface area contributed by atoms with Crippen LogP contribution in [0.25, 0.3) is 33.1 Å². The maximum atomic E-state index is 5.91. The summed E-state index contributed by atoms with van der Waals surface area (Å²) >= 11 is 0. The van der Waals surface area contributed by atoms with Crippen LogP contribution in [0, 0.1) is 5.92 Å². The van der Waals surface area contributed by atoms with Gasteiger partial charge in [-0.2, -0.15) is 0 Å². The van der Waals surface area contributed by atoms with Gasteiger partial charge in [0.05, 0.1) is 0 Å². The summed E-state index contributed by atoms with van der Waals surface area (Å²) in [6.45, 7) is 10.6. The molecule has 1 heteroatoms. The molecule has 136 valence electrons. The predicted octanol–water partition coefficient (Wildman–Crippen LogP) is 8.33. The van der Waals surface area contributed by atoms with E-state index in [1.165, 1.54) is 28.3 Å². The lowest BCUT2D eigenvalue weighted by Crippen LogP contribution is -1.77. The van der Waals surface area contributed by atoms with Gasteiger partial charge >= 0.3 is 0 Å². The molecular formula is C25H30O. The van der Waals surface area contributed by atoms with E-state index >= 15 is 0 Å². The third-order valence-corrected chi connectivity index (χ3v) is 4.30. The fourth-order valence-corrected chi connectivity index (χ4v) is 2.54. The van der Waals surface area contributed by atoms with Crippen molar-refractivity contribution >= 4 is 21.9 Å². The molecule has 26 heavy (non-hydrogen) atoms. The lowest BCUT2D eigenvalue weighted by molar-refractivity contribution is 0.626. The molecule has 1 nitrogen and oxygen atoms in total. The van der Waals surface area contributed by atoms with Gasteiger partial charge in [0.15, 0.2) is 0 Å². The molecule has 0 aliphatic rings. The van der Waals surface area contributed by atoms with Crippen molar-refractivity contribution in [3.63, 3.8) is 0 Å². The molecule has 3 aromatic carbocycles. The van der Waals surface area contributed by atoms with Gasteiger partial charge in [0.25, 0.3) is 0 Å². The van der Waals surface area contributed by atoms with Gasteiger partial charge in [-0.25, -0.2) is 0 Å². The van der Waals surface area contributed by atoms with Crippen molar-refractivity contribution in [1.29, 1.82) is 0 Å². The van der Waals surface area contributed by atoms with Gasteiger partial charge in [0.2, 0.25) is 0 Å². The fraction of sp³-hybridized carbons (Fsp3) is 0.280. The quantitative estimate of drug-likeness (QED) is 0.355. The van der Waals surface area contributed by atoms with Gasteiger partial charge in [-0.3, -0.25) is 0 Å². The third kappa shape index (κ3) is 4.76. The molecule has 0 unspecified atom stereocenters. The minimum absolute atomic E-state index is 0.884. The Kier molecular flexibility index (Phi) is 7.47. The van der Waals surface area contributed by atoms with Gasteiger partial charge in [-0.15, -0.1) is 0 Å². The maximum absolute atomic E-state index is 5.91. The van der Waals surface area contributed by atoms with E-state index in [-0.39, 0.29) is 0 Å². The summed E-state index contributed by atoms with van der Waals surface area (Å²) in [6, 6.07) is 24.9. The molecule has 4 aromatic rings. The minimum Gasteiger partial charge on any atom is -0.456 e. The molecule has 1 aromatic heterocycles. The van der Waals surface area contributed by atoms with Crippen molar-refractivity contribution < 1.29 is 4.42 Å². The van der Waals surface area contributed by atoms with E-state index in [1.54, 1.807) is 0 Å². The molecule has 0 aliphatic carbocycles. The van der Waals surface area contributed by atoms with Crippen LogP contribution in [0.1, 0.15) is 41.0 Å². The Labute approximate surface area is 157 Å². The lowest BCUT2D eigenvalue weighted by Gasteiger charge is -2.00. The van der Waals surface area contributed by atoms with Gasteiger partial charge in [0, 0.05) is 10.8 Å². The summed E-state index contributed by atoms with van der Waals surface area (Å²) in [5.74, 6) is 0.884. The normalized spacial score (nSPS) is 10.2. The van der Waals surface area contributed by atoms with Crippen molar-refractivity contribution in [2.24, 2.45) is 5.92 Å². The molecule has 0 N–H and O–H groups in total. The number of hydrogen-bond donors (Lipinski definition) is 0. The van der Waals surface area contributed by atoms with Crippen LogP contribution in [-0.2, 0) is 0 Å². The zero-order chi connectivity index (χ0) is 18.9. The van der Waals surface area contributed by atoms with E-state index in [1.807, 2.05) is 38.1 Å². The number of benzene rings is 3. The van der Waals surface area contributed by atoms with Gasteiger partial charge in [0.1, 0.15) is 11.2 Å². The molecule has 0 saturated carbocycles. The number of para-hydroxylation sites is 1. The van der Waals surface area contributed by atoms with Crippen LogP contribution in [0.3, 0.4) is 0 Å². The zero-order valence-electron chi connectivity index (χ0n) is 16.6. The average molecular weight is 347 g/mol. The van der Waals surface area contributed by atoms with E-state index in [2.05, 4.69) is 69.3 Å². The van der Waals surface area contributed by atoms with E-state index in [4.69, 9.17) is 4.42 Å². The number of furan rings is 1. The van der Waals surface area contributed by atoms with Crippen LogP contribution in [-0.4, -0.2) is 0 Å². The van der Waals surface area contributed by atoms with Gasteiger partial charge in [-0.05, 0) is 35.2 Å². The van der Waals surface area contributed by atoms with Crippen molar-refractivity contribution in [1.82, 2.24) is 0 Å². The highest BCUT2D eigenvalue weighted by Gasteiger charge is 2.07. The van der Waals surface area contributed by atoms with Crippen LogP contribution >= 0.6 is 0 Å².